The van der Waals surface area contributed by atoms with Crippen molar-refractivity contribution in [3.63, 3.8) is 0 Å². The van der Waals surface area contributed by atoms with Gasteiger partial charge in [0.25, 0.3) is 0 Å². The second-order valence-corrected chi connectivity index (χ2v) is 31.3. The molecular formula is C82H53N5Si2. The predicted octanol–water partition coefficient (Wildman–Crippen LogP) is 14.2. The van der Waals surface area contributed by atoms with E-state index in [1.807, 2.05) is 0 Å². The summed E-state index contributed by atoms with van der Waals surface area (Å²) in [6.07, 6.45) is 0. The van der Waals surface area contributed by atoms with Crippen molar-refractivity contribution in [2.45, 2.75) is 0 Å². The van der Waals surface area contributed by atoms with Crippen LogP contribution < -0.4 is 41.5 Å². The standard InChI is InChI=1S/C82H53N5Si2/c1-3-25-56(26-4-1)88(76-44-19-17-42-74(76)86-71-39-14-9-32-62(71)64-35-22-46-78(88)80(64)86)58-50-48-54(49-51-58)67-53-68(84-82(83-67)66-34-11-16-41-73(66)85-69-37-12-7-30-60(69)61-31-8-13-38-70(61)85)55-24-21-29-59(52-55)89(57-27-5-2-6-28-57)77-45-20-18-43-75(77)87-72-40-15-10-33-63(72)65-36-23-47-79(89)81(65)87/h1-53H. The van der Waals surface area contributed by atoms with Crippen molar-refractivity contribution in [2.75, 3.05) is 0 Å². The van der Waals surface area contributed by atoms with Gasteiger partial charge in [-0.05, 0) is 96.1 Å². The molecule has 2 unspecified atom stereocenters. The number of fused-ring (bicyclic) bond motifs is 13. The maximum absolute atomic E-state index is 5.78. The number of benzene rings is 13. The maximum atomic E-state index is 5.78. The van der Waals surface area contributed by atoms with E-state index in [4.69, 9.17) is 9.97 Å². The minimum Gasteiger partial charge on any atom is -0.309 e. The van der Waals surface area contributed by atoms with Gasteiger partial charge in [-0.1, -0.05) is 267 Å². The molecule has 5 nitrogen and oxygen atoms in total. The molecule has 414 valence electrons. The molecule has 89 heavy (non-hydrogen) atoms. The van der Waals surface area contributed by atoms with Crippen LogP contribution in [0.2, 0.25) is 0 Å². The van der Waals surface area contributed by atoms with Gasteiger partial charge in [-0.3, -0.25) is 0 Å². The first kappa shape index (κ1) is 50.0. The van der Waals surface area contributed by atoms with Crippen molar-refractivity contribution in [1.82, 2.24) is 23.7 Å². The molecule has 0 bridgehead atoms. The number of hydrogen-bond donors (Lipinski definition) is 0. The fourth-order valence-electron chi connectivity index (χ4n) is 16.1. The van der Waals surface area contributed by atoms with E-state index in [0.717, 1.165) is 44.8 Å². The first-order valence-corrected chi connectivity index (χ1v) is 34.7. The predicted molar refractivity (Wildman–Crippen MR) is 376 cm³/mol. The summed E-state index contributed by atoms with van der Waals surface area (Å²) in [6.45, 7) is 0. The number of aromatic nitrogens is 5. The molecule has 0 N–H and O–H groups in total. The second-order valence-electron chi connectivity index (χ2n) is 23.9. The molecule has 0 fully saturated rings. The molecule has 0 spiro atoms. The lowest BCUT2D eigenvalue weighted by Crippen LogP contribution is -2.76. The lowest BCUT2D eigenvalue weighted by Gasteiger charge is -2.40. The number of para-hydroxylation sites is 9. The van der Waals surface area contributed by atoms with E-state index in [0.29, 0.717) is 5.82 Å². The average molecular weight is 1160 g/mol. The van der Waals surface area contributed by atoms with Gasteiger partial charge in [0.1, 0.15) is 0 Å². The fourth-order valence-corrected chi connectivity index (χ4v) is 26.3. The van der Waals surface area contributed by atoms with E-state index in [1.54, 1.807) is 0 Å². The van der Waals surface area contributed by atoms with Gasteiger partial charge in [0.2, 0.25) is 0 Å². The molecule has 7 heteroatoms. The van der Waals surface area contributed by atoms with Crippen LogP contribution in [-0.4, -0.2) is 39.8 Å². The summed E-state index contributed by atoms with van der Waals surface area (Å²) in [5.74, 6) is 0.660. The first-order valence-electron chi connectivity index (χ1n) is 30.7. The van der Waals surface area contributed by atoms with Gasteiger partial charge in [-0.25, -0.2) is 9.97 Å². The third-order valence-electron chi connectivity index (χ3n) is 19.6. The van der Waals surface area contributed by atoms with Crippen LogP contribution in [0.4, 0.5) is 0 Å². The van der Waals surface area contributed by atoms with E-state index in [9.17, 15) is 0 Å². The van der Waals surface area contributed by atoms with Crippen LogP contribution in [0, 0.1) is 0 Å². The highest BCUT2D eigenvalue weighted by atomic mass is 28.3. The molecule has 0 radical (unpaired) electrons. The Hall–Kier alpha value is -11.2. The number of rotatable bonds is 8. The summed E-state index contributed by atoms with van der Waals surface area (Å²) in [4.78, 5) is 11.5. The molecule has 0 aliphatic carbocycles. The van der Waals surface area contributed by atoms with Gasteiger partial charge in [0.15, 0.2) is 22.0 Å². The largest absolute Gasteiger partial charge is 0.309 e. The summed E-state index contributed by atoms with van der Waals surface area (Å²) in [6, 6.07) is 120. The van der Waals surface area contributed by atoms with Crippen LogP contribution >= 0.6 is 0 Å². The first-order chi connectivity index (χ1) is 44.2. The van der Waals surface area contributed by atoms with Crippen molar-refractivity contribution < 1.29 is 0 Å². The van der Waals surface area contributed by atoms with Crippen LogP contribution in [0.1, 0.15) is 0 Å². The van der Waals surface area contributed by atoms with E-state index in [2.05, 4.69) is 335 Å². The van der Waals surface area contributed by atoms with Gasteiger partial charge in [-0.2, -0.15) is 0 Å². The van der Waals surface area contributed by atoms with Gasteiger partial charge < -0.3 is 13.7 Å². The van der Waals surface area contributed by atoms with E-state index in [-0.39, 0.29) is 0 Å². The van der Waals surface area contributed by atoms with Gasteiger partial charge in [0.05, 0.1) is 50.2 Å². The summed E-state index contributed by atoms with van der Waals surface area (Å²) >= 11 is 0. The van der Waals surface area contributed by atoms with Gasteiger partial charge >= 0.3 is 0 Å². The Kier molecular flexibility index (Phi) is 10.7. The Bertz CT molecular complexity index is 5710. The van der Waals surface area contributed by atoms with Crippen molar-refractivity contribution in [2.24, 2.45) is 0 Å². The maximum Gasteiger partial charge on any atom is 0.184 e. The molecule has 19 rings (SSSR count). The quantitative estimate of drug-likeness (QED) is 0.142. The molecule has 4 aromatic heterocycles. The lowest BCUT2D eigenvalue weighted by molar-refractivity contribution is 1.14. The molecule has 6 heterocycles. The Morgan fingerprint density at radius 3 is 1.15 bits per heavy atom. The summed E-state index contributed by atoms with van der Waals surface area (Å²) < 4.78 is 7.47. The normalized spacial score (nSPS) is 15.7. The molecule has 0 saturated heterocycles. The molecule has 2 aliphatic rings. The van der Waals surface area contributed by atoms with Crippen molar-refractivity contribution >= 4 is 123 Å². The topological polar surface area (TPSA) is 40.6 Å². The Balaban J connectivity index is 0.852. The smallest absolute Gasteiger partial charge is 0.184 e. The van der Waals surface area contributed by atoms with Crippen LogP contribution in [0.15, 0.2) is 322 Å². The zero-order chi connectivity index (χ0) is 58.4. The molecule has 2 aliphatic heterocycles. The number of hydrogen-bond acceptors (Lipinski definition) is 2. The van der Waals surface area contributed by atoms with E-state index < -0.39 is 16.1 Å². The zero-order valence-electron chi connectivity index (χ0n) is 48.3. The highest BCUT2D eigenvalue weighted by Crippen LogP contribution is 2.40. The van der Waals surface area contributed by atoms with Crippen molar-refractivity contribution in [3.05, 3.63) is 322 Å². The number of nitrogens with zero attached hydrogens (tertiary/aromatic N) is 5. The highest BCUT2D eigenvalue weighted by molar-refractivity contribution is 7.22. The third-order valence-corrected chi connectivity index (χ3v) is 29.3. The molecular weight excluding hydrogens is 1110 g/mol. The minimum atomic E-state index is -3.08. The van der Waals surface area contributed by atoms with Gasteiger partial charge in [0, 0.05) is 60.4 Å². The van der Waals surface area contributed by atoms with Crippen LogP contribution in [0.5, 0.6) is 0 Å². The molecule has 13 aromatic carbocycles. The van der Waals surface area contributed by atoms with Crippen LogP contribution in [-0.2, 0) is 0 Å². The molecule has 0 amide bonds. The minimum absolute atomic E-state index is 0.660. The molecule has 0 saturated carbocycles. The van der Waals surface area contributed by atoms with E-state index >= 15 is 0 Å². The Morgan fingerprint density at radius 2 is 0.607 bits per heavy atom. The van der Waals surface area contributed by atoms with Crippen molar-refractivity contribution in [1.29, 1.82) is 0 Å². The summed E-state index contributed by atoms with van der Waals surface area (Å²) in [5.41, 5.74) is 15.5. The average Bonchev–Trinajstić information content (AvgIpc) is 1.66. The molecule has 17 aromatic rings. The van der Waals surface area contributed by atoms with Crippen molar-refractivity contribution in [3.8, 4) is 51.0 Å². The van der Waals surface area contributed by atoms with Gasteiger partial charge in [-0.15, -0.1) is 0 Å². The zero-order valence-corrected chi connectivity index (χ0v) is 50.3. The Morgan fingerprint density at radius 1 is 0.236 bits per heavy atom. The van der Waals surface area contributed by atoms with Crippen LogP contribution in [0.3, 0.4) is 0 Å². The summed E-state index contributed by atoms with van der Waals surface area (Å²) in [5, 5.41) is 18.3. The van der Waals surface area contributed by atoms with Crippen LogP contribution in [0.25, 0.3) is 116 Å². The second kappa shape index (κ2) is 19.1. The summed E-state index contributed by atoms with van der Waals surface area (Å²) in [7, 11) is -6.07. The molecule has 2 atom stereocenters. The third kappa shape index (κ3) is 6.88. The highest BCUT2D eigenvalue weighted by Gasteiger charge is 2.49. The lowest BCUT2D eigenvalue weighted by atomic mass is 10.1. The SMILES string of the molecule is c1ccc([Si]2(c3ccc(-c4cc(-c5cccc([Si]6(c7ccccc7)c7ccccc7-n7c8ccccc8c8cccc6c87)c5)nc(-c5ccccc5-n5c6ccccc6c6ccccc65)n4)cc3)c3ccccc3-n3c4ccccc4c4cccc2c43)cc1. The fraction of sp³-hybridized carbons (Fsp3) is 0. The van der Waals surface area contributed by atoms with E-state index in [1.165, 1.54) is 107 Å². The monoisotopic (exact) mass is 1160 g/mol. The Labute approximate surface area is 516 Å².